The Bertz CT molecular complexity index is 215. The van der Waals surface area contributed by atoms with Gasteiger partial charge >= 0.3 is 0 Å². The predicted octanol–water partition coefficient (Wildman–Crippen LogP) is 3.32. The van der Waals surface area contributed by atoms with Crippen LogP contribution in [0.3, 0.4) is 0 Å². The first-order chi connectivity index (χ1) is 7.40. The van der Waals surface area contributed by atoms with Gasteiger partial charge in [-0.1, -0.05) is 32.9 Å². The Morgan fingerprint density at radius 3 is 2.50 bits per heavy atom. The first-order valence-electron chi connectivity index (χ1n) is 5.96. The molecule has 0 bridgehead atoms. The number of rotatable bonds is 8. The number of nitrogens with zero attached hydrogens (tertiary/aromatic N) is 1. The summed E-state index contributed by atoms with van der Waals surface area (Å²) in [6.45, 7) is 8.53. The summed E-state index contributed by atoms with van der Waals surface area (Å²) in [5.41, 5.74) is 5.44. The van der Waals surface area contributed by atoms with E-state index in [4.69, 9.17) is 10.9 Å². The van der Waals surface area contributed by atoms with Crippen LogP contribution in [0.4, 0.5) is 0 Å². The minimum atomic E-state index is -0.187. The molecule has 0 aromatic carbocycles. The molecule has 0 aliphatic carbocycles. The van der Waals surface area contributed by atoms with Gasteiger partial charge in [0, 0.05) is 5.41 Å². The van der Waals surface area contributed by atoms with Crippen molar-refractivity contribution in [3.05, 3.63) is 0 Å². The van der Waals surface area contributed by atoms with Crippen molar-refractivity contribution >= 4 is 17.6 Å². The third kappa shape index (κ3) is 6.99. The second-order valence-electron chi connectivity index (χ2n) is 5.27. The summed E-state index contributed by atoms with van der Waals surface area (Å²) in [5, 5.41) is 11.7. The van der Waals surface area contributed by atoms with Crippen molar-refractivity contribution in [1.82, 2.24) is 0 Å². The molecular formula is C12H26N2OS. The zero-order chi connectivity index (χ0) is 12.6. The van der Waals surface area contributed by atoms with Gasteiger partial charge in [0.15, 0.2) is 0 Å². The Labute approximate surface area is 104 Å². The van der Waals surface area contributed by atoms with E-state index in [9.17, 15) is 0 Å². The van der Waals surface area contributed by atoms with E-state index >= 15 is 0 Å². The number of amidine groups is 1. The van der Waals surface area contributed by atoms with Crippen molar-refractivity contribution in [1.29, 1.82) is 0 Å². The Balaban J connectivity index is 3.59. The molecule has 0 aliphatic rings. The molecule has 0 aromatic heterocycles. The number of nitrogens with two attached hydrogens (primary N) is 1. The molecule has 0 unspecified atom stereocenters. The molecule has 16 heavy (non-hydrogen) atoms. The normalized spacial score (nSPS) is 13.4. The molecule has 96 valence electrons. The van der Waals surface area contributed by atoms with Crippen LogP contribution in [0.1, 0.15) is 47.0 Å². The van der Waals surface area contributed by atoms with E-state index in [1.807, 2.05) is 25.6 Å². The minimum Gasteiger partial charge on any atom is -0.409 e. The lowest BCUT2D eigenvalue weighted by atomic mass is 9.87. The van der Waals surface area contributed by atoms with Crippen LogP contribution < -0.4 is 5.73 Å². The van der Waals surface area contributed by atoms with Crippen LogP contribution in [-0.2, 0) is 0 Å². The summed E-state index contributed by atoms with van der Waals surface area (Å²) in [7, 11) is 0. The van der Waals surface area contributed by atoms with Gasteiger partial charge in [-0.05, 0) is 36.7 Å². The van der Waals surface area contributed by atoms with Gasteiger partial charge in [-0.15, -0.1) is 0 Å². The molecule has 0 saturated carbocycles. The maximum absolute atomic E-state index is 8.63. The maximum Gasteiger partial charge on any atom is 0.144 e. The Hall–Kier alpha value is -0.380. The molecule has 0 atom stereocenters. The fourth-order valence-electron chi connectivity index (χ4n) is 1.30. The highest BCUT2D eigenvalue weighted by atomic mass is 32.2. The van der Waals surface area contributed by atoms with Crippen molar-refractivity contribution in [2.75, 3.05) is 11.5 Å². The monoisotopic (exact) mass is 246 g/mol. The van der Waals surface area contributed by atoms with Gasteiger partial charge in [0.1, 0.15) is 5.84 Å². The van der Waals surface area contributed by atoms with E-state index in [1.165, 1.54) is 12.2 Å². The fraction of sp³-hybridized carbons (Fsp3) is 0.917. The van der Waals surface area contributed by atoms with Gasteiger partial charge in [0.2, 0.25) is 0 Å². The third-order valence-corrected chi connectivity index (χ3v) is 3.83. The highest BCUT2D eigenvalue weighted by molar-refractivity contribution is 7.99. The van der Waals surface area contributed by atoms with E-state index in [0.29, 0.717) is 5.84 Å². The summed E-state index contributed by atoms with van der Waals surface area (Å²) < 4.78 is 0. The van der Waals surface area contributed by atoms with Gasteiger partial charge in [-0.25, -0.2) is 0 Å². The first-order valence-corrected chi connectivity index (χ1v) is 7.11. The zero-order valence-electron chi connectivity index (χ0n) is 11.0. The first kappa shape index (κ1) is 15.6. The van der Waals surface area contributed by atoms with Crippen molar-refractivity contribution in [3.8, 4) is 0 Å². The second kappa shape index (κ2) is 7.82. The molecule has 0 rings (SSSR count). The van der Waals surface area contributed by atoms with Crippen LogP contribution in [0.25, 0.3) is 0 Å². The van der Waals surface area contributed by atoms with Gasteiger partial charge in [0.25, 0.3) is 0 Å². The van der Waals surface area contributed by atoms with E-state index < -0.39 is 0 Å². The molecular weight excluding hydrogens is 220 g/mol. The van der Waals surface area contributed by atoms with Crippen LogP contribution in [0.2, 0.25) is 0 Å². The van der Waals surface area contributed by atoms with Crippen molar-refractivity contribution in [2.45, 2.75) is 47.0 Å². The van der Waals surface area contributed by atoms with Gasteiger partial charge in [-0.2, -0.15) is 11.8 Å². The molecule has 0 fully saturated rings. The van der Waals surface area contributed by atoms with Crippen LogP contribution in [0.15, 0.2) is 5.16 Å². The highest BCUT2D eigenvalue weighted by Crippen LogP contribution is 2.23. The van der Waals surface area contributed by atoms with Crippen molar-refractivity contribution in [2.24, 2.45) is 22.2 Å². The van der Waals surface area contributed by atoms with E-state index in [0.717, 1.165) is 24.5 Å². The number of oxime groups is 1. The topological polar surface area (TPSA) is 58.6 Å². The number of hydrogen-bond donors (Lipinski definition) is 2. The van der Waals surface area contributed by atoms with Crippen molar-refractivity contribution < 1.29 is 5.21 Å². The third-order valence-electron chi connectivity index (χ3n) is 2.73. The van der Waals surface area contributed by atoms with Crippen LogP contribution >= 0.6 is 11.8 Å². The smallest absolute Gasteiger partial charge is 0.144 e. The average molecular weight is 246 g/mol. The minimum absolute atomic E-state index is 0.187. The molecule has 4 heteroatoms. The van der Waals surface area contributed by atoms with E-state index in [2.05, 4.69) is 19.0 Å². The lowest BCUT2D eigenvalue weighted by Gasteiger charge is -2.22. The Kier molecular flexibility index (Phi) is 7.64. The van der Waals surface area contributed by atoms with Crippen molar-refractivity contribution in [3.63, 3.8) is 0 Å². The fourth-order valence-corrected chi connectivity index (χ4v) is 2.49. The number of hydrogen-bond acceptors (Lipinski definition) is 3. The lowest BCUT2D eigenvalue weighted by molar-refractivity contribution is 0.305. The van der Waals surface area contributed by atoms with E-state index in [1.54, 1.807) is 0 Å². The molecule has 0 amide bonds. The summed E-state index contributed by atoms with van der Waals surface area (Å²) in [5.74, 6) is 3.53. The van der Waals surface area contributed by atoms with E-state index in [-0.39, 0.29) is 5.41 Å². The summed E-state index contributed by atoms with van der Waals surface area (Å²) in [4.78, 5) is 0. The largest absolute Gasteiger partial charge is 0.409 e. The highest BCUT2D eigenvalue weighted by Gasteiger charge is 2.22. The van der Waals surface area contributed by atoms with Gasteiger partial charge < -0.3 is 10.9 Å². The van der Waals surface area contributed by atoms with Crippen LogP contribution in [0.5, 0.6) is 0 Å². The maximum atomic E-state index is 8.63. The Morgan fingerprint density at radius 2 is 2.00 bits per heavy atom. The molecule has 0 spiro atoms. The number of thioether (sulfide) groups is 1. The summed E-state index contributed by atoms with van der Waals surface area (Å²) >= 11 is 2.00. The predicted molar refractivity (Wildman–Crippen MR) is 73.2 cm³/mol. The summed E-state index contributed by atoms with van der Waals surface area (Å²) in [6.07, 6.45) is 3.37. The summed E-state index contributed by atoms with van der Waals surface area (Å²) in [6, 6.07) is 0. The molecule has 0 aromatic rings. The van der Waals surface area contributed by atoms with Gasteiger partial charge in [0.05, 0.1) is 0 Å². The molecule has 3 N–H and O–H groups in total. The molecule has 0 saturated heterocycles. The molecule has 0 radical (unpaired) electrons. The standard InChI is InChI=1S/C12H26N2OS/c1-10(2)6-9-16-8-5-7-12(3,4)11(13)14-15/h10,15H,5-9H2,1-4H3,(H2,13,14). The average Bonchev–Trinajstić information content (AvgIpc) is 2.21. The molecule has 3 nitrogen and oxygen atoms in total. The second-order valence-corrected chi connectivity index (χ2v) is 6.49. The SMILES string of the molecule is CC(C)CCSCCCC(C)(C)C(N)=NO. The Morgan fingerprint density at radius 1 is 1.38 bits per heavy atom. The van der Waals surface area contributed by atoms with Crippen LogP contribution in [-0.4, -0.2) is 22.5 Å². The lowest BCUT2D eigenvalue weighted by Crippen LogP contribution is -2.31. The van der Waals surface area contributed by atoms with Gasteiger partial charge in [-0.3, -0.25) is 0 Å². The zero-order valence-corrected chi connectivity index (χ0v) is 11.8. The molecule has 0 heterocycles. The quantitative estimate of drug-likeness (QED) is 0.227. The van der Waals surface area contributed by atoms with Crippen LogP contribution in [0, 0.1) is 11.3 Å². The molecule has 0 aliphatic heterocycles.